The van der Waals surface area contributed by atoms with Crippen molar-refractivity contribution < 1.29 is 18.3 Å². The van der Waals surface area contributed by atoms with Crippen LogP contribution in [0.15, 0.2) is 0 Å². The first-order valence-electron chi connectivity index (χ1n) is 7.06. The van der Waals surface area contributed by atoms with E-state index >= 15 is 0 Å². The third kappa shape index (κ3) is 11.2. The van der Waals surface area contributed by atoms with Crippen LogP contribution in [0.4, 0.5) is 0 Å². The molecule has 3 N–H and O–H groups in total. The second-order valence-electron chi connectivity index (χ2n) is 6.13. The van der Waals surface area contributed by atoms with Crippen LogP contribution in [0.2, 0.25) is 0 Å². The van der Waals surface area contributed by atoms with Gasteiger partial charge in [-0.2, -0.15) is 13.1 Å². The van der Waals surface area contributed by atoms with Crippen LogP contribution in [-0.4, -0.2) is 31.6 Å². The summed E-state index contributed by atoms with van der Waals surface area (Å²) in [6.45, 7) is 7.70. The van der Waals surface area contributed by atoms with Gasteiger partial charge in [0.2, 0.25) is 0 Å². The number of carboxylic acids is 1. The van der Waals surface area contributed by atoms with Gasteiger partial charge in [0.15, 0.2) is 0 Å². The summed E-state index contributed by atoms with van der Waals surface area (Å²) in [7, 11) is -3.50. The summed E-state index contributed by atoms with van der Waals surface area (Å²) in [6, 6.07) is 0. The van der Waals surface area contributed by atoms with Crippen LogP contribution in [0, 0.1) is 5.92 Å². The molecule has 0 bridgehead atoms. The van der Waals surface area contributed by atoms with Gasteiger partial charge in [0.05, 0.1) is 0 Å². The molecule has 0 aromatic rings. The van der Waals surface area contributed by atoms with Gasteiger partial charge < -0.3 is 5.11 Å². The molecule has 0 aliphatic rings. The van der Waals surface area contributed by atoms with E-state index < -0.39 is 21.7 Å². The Morgan fingerprint density at radius 2 is 1.80 bits per heavy atom. The predicted octanol–water partition coefficient (Wildman–Crippen LogP) is 1.88. The summed E-state index contributed by atoms with van der Waals surface area (Å²) in [4.78, 5) is 10.6. The predicted molar refractivity (Wildman–Crippen MR) is 79.7 cm³/mol. The highest BCUT2D eigenvalue weighted by atomic mass is 32.2. The standard InChI is InChI=1S/C13H28N2O4S/c1-5-6-11(7-8-12(16)17)9-10-14-20(18,19)15-13(2,3)4/h11,14-15H,5-10H2,1-4H3,(H,16,17). The molecule has 0 aromatic carbocycles. The molecular weight excluding hydrogens is 280 g/mol. The fourth-order valence-electron chi connectivity index (χ4n) is 2.01. The molecule has 0 heterocycles. The molecule has 1 atom stereocenters. The van der Waals surface area contributed by atoms with Gasteiger partial charge in [-0.25, -0.2) is 4.72 Å². The van der Waals surface area contributed by atoms with Gasteiger partial charge in [0.1, 0.15) is 0 Å². The summed E-state index contributed by atoms with van der Waals surface area (Å²) in [6.07, 6.45) is 3.28. The van der Waals surface area contributed by atoms with Crippen LogP contribution < -0.4 is 9.44 Å². The van der Waals surface area contributed by atoms with Crippen LogP contribution in [0.5, 0.6) is 0 Å². The molecule has 0 saturated carbocycles. The third-order valence-electron chi connectivity index (χ3n) is 2.75. The fraction of sp³-hybridized carbons (Fsp3) is 0.923. The largest absolute Gasteiger partial charge is 0.481 e. The molecule has 0 spiro atoms. The van der Waals surface area contributed by atoms with Crippen molar-refractivity contribution in [2.24, 2.45) is 5.92 Å². The molecule has 0 aliphatic heterocycles. The molecule has 20 heavy (non-hydrogen) atoms. The molecule has 0 fully saturated rings. The molecule has 6 nitrogen and oxygen atoms in total. The van der Waals surface area contributed by atoms with E-state index in [1.807, 2.05) is 6.92 Å². The third-order valence-corrected chi connectivity index (χ3v) is 4.21. The maximum atomic E-state index is 11.7. The zero-order valence-corrected chi connectivity index (χ0v) is 13.7. The Hall–Kier alpha value is -0.660. The molecular formula is C13H28N2O4S. The van der Waals surface area contributed by atoms with E-state index in [2.05, 4.69) is 9.44 Å². The number of hydrogen-bond donors (Lipinski definition) is 3. The van der Waals surface area contributed by atoms with E-state index in [0.717, 1.165) is 12.8 Å². The lowest BCUT2D eigenvalue weighted by Crippen LogP contribution is -2.47. The van der Waals surface area contributed by atoms with Gasteiger partial charge in [0.25, 0.3) is 10.2 Å². The Kier molecular flexibility index (Phi) is 8.30. The Morgan fingerprint density at radius 1 is 1.20 bits per heavy atom. The van der Waals surface area contributed by atoms with Crippen LogP contribution >= 0.6 is 0 Å². The van der Waals surface area contributed by atoms with Crippen molar-refractivity contribution in [1.29, 1.82) is 0 Å². The molecule has 0 amide bonds. The zero-order chi connectivity index (χ0) is 15.8. The van der Waals surface area contributed by atoms with Crippen LogP contribution in [0.3, 0.4) is 0 Å². The highest BCUT2D eigenvalue weighted by Crippen LogP contribution is 2.17. The van der Waals surface area contributed by atoms with E-state index in [1.165, 1.54) is 0 Å². The van der Waals surface area contributed by atoms with Crippen molar-refractivity contribution in [3.05, 3.63) is 0 Å². The molecule has 0 rings (SSSR count). The average molecular weight is 308 g/mol. The van der Waals surface area contributed by atoms with Gasteiger partial charge >= 0.3 is 5.97 Å². The summed E-state index contributed by atoms with van der Waals surface area (Å²) >= 11 is 0. The lowest BCUT2D eigenvalue weighted by atomic mass is 9.95. The second kappa shape index (κ2) is 8.59. The first-order chi connectivity index (χ1) is 9.06. The first kappa shape index (κ1) is 19.3. The van der Waals surface area contributed by atoms with Gasteiger partial charge in [-0.15, -0.1) is 0 Å². The number of aliphatic carboxylic acids is 1. The van der Waals surface area contributed by atoms with Crippen LogP contribution in [0.1, 0.15) is 59.8 Å². The Bertz CT molecular complexity index is 388. The lowest BCUT2D eigenvalue weighted by Gasteiger charge is -2.21. The monoisotopic (exact) mass is 308 g/mol. The highest BCUT2D eigenvalue weighted by Gasteiger charge is 2.19. The van der Waals surface area contributed by atoms with Crippen LogP contribution in [-0.2, 0) is 15.0 Å². The van der Waals surface area contributed by atoms with Crippen LogP contribution in [0.25, 0.3) is 0 Å². The summed E-state index contributed by atoms with van der Waals surface area (Å²) in [5.74, 6) is -0.561. The number of rotatable bonds is 10. The van der Waals surface area contributed by atoms with Crippen molar-refractivity contribution in [2.45, 2.75) is 65.3 Å². The number of nitrogens with one attached hydrogen (secondary N) is 2. The summed E-state index contributed by atoms with van der Waals surface area (Å²) < 4.78 is 28.5. The molecule has 0 aliphatic carbocycles. The van der Waals surface area contributed by atoms with Crippen molar-refractivity contribution in [3.63, 3.8) is 0 Å². The van der Waals surface area contributed by atoms with E-state index in [1.54, 1.807) is 20.8 Å². The van der Waals surface area contributed by atoms with Crippen molar-refractivity contribution in [3.8, 4) is 0 Å². The zero-order valence-electron chi connectivity index (χ0n) is 12.9. The molecule has 1 unspecified atom stereocenters. The second-order valence-corrected chi connectivity index (χ2v) is 7.63. The Morgan fingerprint density at radius 3 is 2.25 bits per heavy atom. The normalized spacial score (nSPS) is 14.2. The quantitative estimate of drug-likeness (QED) is 0.574. The van der Waals surface area contributed by atoms with Crippen molar-refractivity contribution in [1.82, 2.24) is 9.44 Å². The Balaban J connectivity index is 4.19. The van der Waals surface area contributed by atoms with Crippen molar-refractivity contribution >= 4 is 16.2 Å². The van der Waals surface area contributed by atoms with E-state index in [4.69, 9.17) is 5.11 Å². The minimum Gasteiger partial charge on any atom is -0.481 e. The number of carbonyl (C=O) groups is 1. The van der Waals surface area contributed by atoms with E-state index in [0.29, 0.717) is 19.4 Å². The molecule has 7 heteroatoms. The van der Waals surface area contributed by atoms with Crippen molar-refractivity contribution in [2.75, 3.05) is 6.54 Å². The minimum absolute atomic E-state index is 0.137. The lowest BCUT2D eigenvalue weighted by molar-refractivity contribution is -0.137. The maximum Gasteiger partial charge on any atom is 0.303 e. The van der Waals surface area contributed by atoms with Gasteiger partial charge in [-0.3, -0.25) is 4.79 Å². The van der Waals surface area contributed by atoms with E-state index in [-0.39, 0.29) is 12.3 Å². The van der Waals surface area contributed by atoms with Gasteiger partial charge in [-0.05, 0) is 39.5 Å². The minimum atomic E-state index is -3.50. The average Bonchev–Trinajstić information content (AvgIpc) is 2.22. The first-order valence-corrected chi connectivity index (χ1v) is 8.54. The topological polar surface area (TPSA) is 95.5 Å². The Labute approximate surface area is 122 Å². The maximum absolute atomic E-state index is 11.7. The van der Waals surface area contributed by atoms with Gasteiger partial charge in [-0.1, -0.05) is 19.8 Å². The number of carboxylic acid groups (broad SMARTS) is 1. The fourth-order valence-corrected chi connectivity index (χ4v) is 3.27. The summed E-state index contributed by atoms with van der Waals surface area (Å²) in [5, 5.41) is 8.69. The molecule has 0 saturated heterocycles. The SMILES string of the molecule is CCCC(CCNS(=O)(=O)NC(C)(C)C)CCC(=O)O. The van der Waals surface area contributed by atoms with E-state index in [9.17, 15) is 13.2 Å². The number of hydrogen-bond acceptors (Lipinski definition) is 3. The smallest absolute Gasteiger partial charge is 0.303 e. The molecule has 120 valence electrons. The van der Waals surface area contributed by atoms with Gasteiger partial charge in [0, 0.05) is 18.5 Å². The molecule has 0 aromatic heterocycles. The molecule has 0 radical (unpaired) electrons. The summed E-state index contributed by atoms with van der Waals surface area (Å²) in [5.41, 5.74) is -0.516. The highest BCUT2D eigenvalue weighted by molar-refractivity contribution is 7.87.